The molecule has 0 N–H and O–H groups in total. The normalized spacial score (nSPS) is 14.0. The second-order valence-corrected chi connectivity index (χ2v) is 6.55. The monoisotopic (exact) mass is 373 g/mol. The van der Waals surface area contributed by atoms with Gasteiger partial charge in [-0.05, 0) is 31.2 Å². The van der Waals surface area contributed by atoms with Gasteiger partial charge in [0.1, 0.15) is 5.82 Å². The summed E-state index contributed by atoms with van der Waals surface area (Å²) in [7, 11) is 0. The molecule has 1 fully saturated rings. The zero-order valence-electron chi connectivity index (χ0n) is 15.5. The molecule has 8 nitrogen and oxygen atoms in total. The molecule has 4 rings (SSSR count). The SMILES string of the molecule is Cc1nn(-c2ccccc2)nc1C(=O)N1CCN(c2cc(C#N)ccn2)CC1. The minimum absolute atomic E-state index is 0.113. The lowest BCUT2D eigenvalue weighted by Crippen LogP contribution is -2.49. The van der Waals surface area contributed by atoms with Gasteiger partial charge in [-0.3, -0.25) is 4.79 Å². The molecule has 0 bridgehead atoms. The van der Waals surface area contributed by atoms with Crippen molar-refractivity contribution in [1.82, 2.24) is 24.9 Å². The summed E-state index contributed by atoms with van der Waals surface area (Å²) in [4.78, 5) is 22.6. The number of pyridine rings is 1. The number of para-hydroxylation sites is 1. The molecular formula is C20H19N7O. The van der Waals surface area contributed by atoms with E-state index in [1.807, 2.05) is 30.3 Å². The van der Waals surface area contributed by atoms with Crippen LogP contribution in [0.15, 0.2) is 48.7 Å². The Kier molecular flexibility index (Phi) is 4.72. The van der Waals surface area contributed by atoms with Crippen LogP contribution in [-0.2, 0) is 0 Å². The van der Waals surface area contributed by atoms with Crippen LogP contribution in [0.1, 0.15) is 21.7 Å². The first-order chi connectivity index (χ1) is 13.7. The highest BCUT2D eigenvalue weighted by atomic mass is 16.2. The minimum atomic E-state index is -0.113. The fourth-order valence-electron chi connectivity index (χ4n) is 3.20. The molecule has 0 aliphatic carbocycles. The third-order valence-corrected chi connectivity index (χ3v) is 4.74. The van der Waals surface area contributed by atoms with Crippen molar-refractivity contribution in [2.45, 2.75) is 6.92 Å². The van der Waals surface area contributed by atoms with Gasteiger partial charge in [0.25, 0.3) is 5.91 Å². The molecule has 2 aromatic heterocycles. The van der Waals surface area contributed by atoms with Gasteiger partial charge in [-0.25, -0.2) is 4.98 Å². The first kappa shape index (κ1) is 17.7. The van der Waals surface area contributed by atoms with Crippen LogP contribution in [0.3, 0.4) is 0 Å². The van der Waals surface area contributed by atoms with E-state index in [9.17, 15) is 4.79 Å². The summed E-state index contributed by atoms with van der Waals surface area (Å²) in [5.41, 5.74) is 2.39. The fourth-order valence-corrected chi connectivity index (χ4v) is 3.20. The van der Waals surface area contributed by atoms with E-state index in [0.717, 1.165) is 11.5 Å². The number of rotatable bonds is 3. The third-order valence-electron chi connectivity index (χ3n) is 4.74. The summed E-state index contributed by atoms with van der Waals surface area (Å²) in [5.74, 6) is 0.649. The standard InChI is InChI=1S/C20H19N7O/c1-15-19(24-27(23-15)17-5-3-2-4-6-17)20(28)26-11-9-25(10-12-26)18-13-16(14-21)7-8-22-18/h2-8,13H,9-12H2,1H3. The predicted octanol–water partition coefficient (Wildman–Crippen LogP) is 1.80. The lowest BCUT2D eigenvalue weighted by Gasteiger charge is -2.35. The van der Waals surface area contributed by atoms with E-state index < -0.39 is 0 Å². The van der Waals surface area contributed by atoms with Crippen LogP contribution in [0, 0.1) is 18.3 Å². The number of amides is 1. The number of nitrogens with zero attached hydrogens (tertiary/aromatic N) is 7. The molecule has 0 spiro atoms. The van der Waals surface area contributed by atoms with Crippen molar-refractivity contribution in [1.29, 1.82) is 5.26 Å². The number of hydrogen-bond donors (Lipinski definition) is 0. The molecule has 1 amide bonds. The maximum Gasteiger partial charge on any atom is 0.276 e. The van der Waals surface area contributed by atoms with Gasteiger partial charge in [0.05, 0.1) is 23.0 Å². The van der Waals surface area contributed by atoms with Crippen molar-refractivity contribution in [2.75, 3.05) is 31.1 Å². The number of carbonyl (C=O) groups is 1. The topological polar surface area (TPSA) is 90.9 Å². The van der Waals surface area contributed by atoms with E-state index in [1.165, 1.54) is 4.80 Å². The summed E-state index contributed by atoms with van der Waals surface area (Å²) >= 11 is 0. The Morgan fingerprint density at radius 2 is 1.82 bits per heavy atom. The summed E-state index contributed by atoms with van der Waals surface area (Å²) in [6.45, 7) is 4.23. The zero-order valence-corrected chi connectivity index (χ0v) is 15.5. The quantitative estimate of drug-likeness (QED) is 0.695. The molecule has 28 heavy (non-hydrogen) atoms. The van der Waals surface area contributed by atoms with Crippen molar-refractivity contribution in [3.8, 4) is 11.8 Å². The number of piperazine rings is 1. The van der Waals surface area contributed by atoms with E-state index >= 15 is 0 Å². The number of aromatic nitrogens is 4. The summed E-state index contributed by atoms with van der Waals surface area (Å²) in [6, 6.07) is 15.1. The first-order valence-electron chi connectivity index (χ1n) is 9.05. The van der Waals surface area contributed by atoms with Crippen LogP contribution in [0.2, 0.25) is 0 Å². The Morgan fingerprint density at radius 3 is 2.54 bits per heavy atom. The highest BCUT2D eigenvalue weighted by Gasteiger charge is 2.26. The highest BCUT2D eigenvalue weighted by molar-refractivity contribution is 5.93. The van der Waals surface area contributed by atoms with Crippen LogP contribution in [0.5, 0.6) is 0 Å². The van der Waals surface area contributed by atoms with Crippen LogP contribution in [0.25, 0.3) is 5.69 Å². The van der Waals surface area contributed by atoms with E-state index in [2.05, 4.69) is 26.2 Å². The number of benzene rings is 1. The first-order valence-corrected chi connectivity index (χ1v) is 9.05. The van der Waals surface area contributed by atoms with Gasteiger partial charge in [-0.2, -0.15) is 15.2 Å². The van der Waals surface area contributed by atoms with Crippen molar-refractivity contribution in [2.24, 2.45) is 0 Å². The Hall–Kier alpha value is -3.73. The van der Waals surface area contributed by atoms with Gasteiger partial charge in [-0.1, -0.05) is 18.2 Å². The average molecular weight is 373 g/mol. The fraction of sp³-hybridized carbons (Fsp3) is 0.250. The van der Waals surface area contributed by atoms with Gasteiger partial charge in [0.2, 0.25) is 0 Å². The van der Waals surface area contributed by atoms with Gasteiger partial charge < -0.3 is 9.80 Å². The molecule has 1 aliphatic rings. The molecule has 3 heterocycles. The van der Waals surface area contributed by atoms with Crippen molar-refractivity contribution in [3.05, 3.63) is 65.6 Å². The highest BCUT2D eigenvalue weighted by Crippen LogP contribution is 2.17. The molecule has 1 saturated heterocycles. The number of anilines is 1. The molecular weight excluding hydrogens is 354 g/mol. The van der Waals surface area contributed by atoms with Gasteiger partial charge in [-0.15, -0.1) is 5.10 Å². The van der Waals surface area contributed by atoms with Crippen LogP contribution in [-0.4, -0.2) is 57.0 Å². The molecule has 0 saturated carbocycles. The maximum atomic E-state index is 12.9. The van der Waals surface area contributed by atoms with E-state index in [-0.39, 0.29) is 5.91 Å². The Morgan fingerprint density at radius 1 is 1.07 bits per heavy atom. The third kappa shape index (κ3) is 3.42. The summed E-state index contributed by atoms with van der Waals surface area (Å²) in [6.07, 6.45) is 1.64. The van der Waals surface area contributed by atoms with Gasteiger partial charge >= 0.3 is 0 Å². The largest absolute Gasteiger partial charge is 0.353 e. The van der Waals surface area contributed by atoms with Crippen molar-refractivity contribution >= 4 is 11.7 Å². The number of carbonyl (C=O) groups excluding carboxylic acids is 1. The molecule has 0 atom stereocenters. The average Bonchev–Trinajstić information content (AvgIpc) is 3.15. The van der Waals surface area contributed by atoms with Crippen molar-refractivity contribution < 1.29 is 4.79 Å². The molecule has 8 heteroatoms. The van der Waals surface area contributed by atoms with Crippen LogP contribution >= 0.6 is 0 Å². The second kappa shape index (κ2) is 7.48. The molecule has 0 radical (unpaired) electrons. The van der Waals surface area contributed by atoms with Crippen LogP contribution < -0.4 is 4.90 Å². The molecule has 1 aromatic carbocycles. The lowest BCUT2D eigenvalue weighted by molar-refractivity contribution is 0.0739. The van der Waals surface area contributed by atoms with Gasteiger partial charge in [0, 0.05) is 32.4 Å². The Bertz CT molecular complexity index is 1030. The predicted molar refractivity (Wildman–Crippen MR) is 103 cm³/mol. The molecule has 1 aliphatic heterocycles. The lowest BCUT2D eigenvalue weighted by atomic mass is 10.2. The van der Waals surface area contributed by atoms with E-state index in [0.29, 0.717) is 43.1 Å². The summed E-state index contributed by atoms with van der Waals surface area (Å²) < 4.78 is 0. The van der Waals surface area contributed by atoms with Gasteiger partial charge in [0.15, 0.2) is 5.69 Å². The van der Waals surface area contributed by atoms with E-state index in [4.69, 9.17) is 5.26 Å². The zero-order chi connectivity index (χ0) is 19.5. The molecule has 140 valence electrons. The minimum Gasteiger partial charge on any atom is -0.353 e. The number of nitriles is 1. The Balaban J connectivity index is 1.46. The smallest absolute Gasteiger partial charge is 0.276 e. The van der Waals surface area contributed by atoms with Crippen molar-refractivity contribution in [3.63, 3.8) is 0 Å². The second-order valence-electron chi connectivity index (χ2n) is 6.55. The Labute approximate surface area is 162 Å². The molecule has 3 aromatic rings. The number of hydrogen-bond acceptors (Lipinski definition) is 6. The van der Waals surface area contributed by atoms with Crippen LogP contribution in [0.4, 0.5) is 5.82 Å². The maximum absolute atomic E-state index is 12.9. The van der Waals surface area contributed by atoms with E-state index in [1.54, 1.807) is 30.2 Å². The molecule has 0 unspecified atom stereocenters. The number of aryl methyl sites for hydroxylation is 1. The summed E-state index contributed by atoms with van der Waals surface area (Å²) in [5, 5.41) is 17.8.